The van der Waals surface area contributed by atoms with Gasteiger partial charge in [0.25, 0.3) is 11.8 Å². The molecule has 7 nitrogen and oxygen atoms in total. The molecule has 2 aliphatic heterocycles. The number of halogens is 1. The molecule has 1 atom stereocenters. The zero-order valence-electron chi connectivity index (χ0n) is 16.0. The summed E-state index contributed by atoms with van der Waals surface area (Å²) >= 11 is 5.83. The summed E-state index contributed by atoms with van der Waals surface area (Å²) in [5.41, 5.74) is 0.676. The third-order valence-corrected chi connectivity index (χ3v) is 7.95. The van der Waals surface area contributed by atoms with Crippen molar-refractivity contribution in [3.05, 3.63) is 64.7 Å². The predicted molar refractivity (Wildman–Crippen MR) is 110 cm³/mol. The van der Waals surface area contributed by atoms with Crippen LogP contribution in [0, 0.1) is 0 Å². The van der Waals surface area contributed by atoms with Crippen molar-refractivity contribution in [1.82, 2.24) is 9.80 Å². The molecule has 1 fully saturated rings. The molecule has 0 spiro atoms. The number of sulfone groups is 1. The third kappa shape index (κ3) is 3.61. The van der Waals surface area contributed by atoms with Crippen molar-refractivity contribution in [3.63, 3.8) is 0 Å². The topological polar surface area (TPSA) is 91.8 Å². The molecule has 0 radical (unpaired) electrons. The number of hydrogen-bond acceptors (Lipinski definition) is 5. The highest BCUT2D eigenvalue weighted by Crippen LogP contribution is 2.26. The second-order valence-electron chi connectivity index (χ2n) is 7.31. The van der Waals surface area contributed by atoms with Crippen LogP contribution in [-0.4, -0.2) is 60.8 Å². The van der Waals surface area contributed by atoms with E-state index in [0.717, 1.165) is 4.90 Å². The molecular formula is C21H19ClN2O5S. The van der Waals surface area contributed by atoms with E-state index in [4.69, 9.17) is 11.6 Å². The van der Waals surface area contributed by atoms with E-state index < -0.39 is 26.9 Å². The molecule has 2 aromatic rings. The molecule has 0 aromatic heterocycles. The van der Waals surface area contributed by atoms with Crippen LogP contribution >= 0.6 is 11.6 Å². The first-order chi connectivity index (χ1) is 14.3. The summed E-state index contributed by atoms with van der Waals surface area (Å²) in [6.07, 6.45) is 0.295. The highest BCUT2D eigenvalue weighted by molar-refractivity contribution is 7.92. The van der Waals surface area contributed by atoms with Gasteiger partial charge in [0.1, 0.15) is 0 Å². The molecule has 0 N–H and O–H groups in total. The summed E-state index contributed by atoms with van der Waals surface area (Å²) in [6, 6.07) is 12.5. The van der Waals surface area contributed by atoms with E-state index in [9.17, 15) is 22.8 Å². The van der Waals surface area contributed by atoms with Crippen LogP contribution in [0.15, 0.2) is 53.4 Å². The normalized spacial score (nSPS) is 18.8. The van der Waals surface area contributed by atoms with Gasteiger partial charge in [0.05, 0.1) is 21.3 Å². The number of amides is 3. The maximum Gasteiger partial charge on any atom is 0.261 e. The first-order valence-electron chi connectivity index (χ1n) is 9.51. The van der Waals surface area contributed by atoms with Crippen LogP contribution in [0.4, 0.5) is 0 Å². The molecule has 2 aliphatic rings. The average molecular weight is 447 g/mol. The molecule has 1 saturated heterocycles. The van der Waals surface area contributed by atoms with Gasteiger partial charge in [-0.25, -0.2) is 8.42 Å². The SMILES string of the molecule is O=C(CCN1C(=O)c2ccccc2C1=O)N1CCC(S(=O)(=O)c2ccc(Cl)cc2)C1. The van der Waals surface area contributed by atoms with Gasteiger partial charge < -0.3 is 4.90 Å². The van der Waals surface area contributed by atoms with E-state index in [-0.39, 0.29) is 30.3 Å². The maximum absolute atomic E-state index is 12.8. The molecule has 3 amide bonds. The quantitative estimate of drug-likeness (QED) is 0.657. The van der Waals surface area contributed by atoms with Crippen molar-refractivity contribution < 1.29 is 22.8 Å². The lowest BCUT2D eigenvalue weighted by Crippen LogP contribution is -2.36. The molecule has 30 heavy (non-hydrogen) atoms. The minimum Gasteiger partial charge on any atom is -0.341 e. The van der Waals surface area contributed by atoms with Crippen LogP contribution in [-0.2, 0) is 14.6 Å². The molecule has 156 valence electrons. The average Bonchev–Trinajstić information content (AvgIpc) is 3.32. The van der Waals surface area contributed by atoms with Crippen LogP contribution in [0.3, 0.4) is 0 Å². The van der Waals surface area contributed by atoms with Crippen LogP contribution in [0.25, 0.3) is 0 Å². The van der Waals surface area contributed by atoms with Gasteiger partial charge in [-0.15, -0.1) is 0 Å². The molecule has 2 heterocycles. The van der Waals surface area contributed by atoms with Gasteiger partial charge in [-0.3, -0.25) is 19.3 Å². The Balaban J connectivity index is 1.37. The summed E-state index contributed by atoms with van der Waals surface area (Å²) < 4.78 is 25.6. The van der Waals surface area contributed by atoms with Gasteiger partial charge in [-0.1, -0.05) is 23.7 Å². The minimum atomic E-state index is -3.58. The Morgan fingerprint density at radius 1 is 1.00 bits per heavy atom. The molecule has 0 aliphatic carbocycles. The monoisotopic (exact) mass is 446 g/mol. The lowest BCUT2D eigenvalue weighted by Gasteiger charge is -2.19. The van der Waals surface area contributed by atoms with E-state index in [2.05, 4.69) is 0 Å². The third-order valence-electron chi connectivity index (χ3n) is 5.51. The van der Waals surface area contributed by atoms with Gasteiger partial charge >= 0.3 is 0 Å². The van der Waals surface area contributed by atoms with Gasteiger partial charge in [0.15, 0.2) is 9.84 Å². The predicted octanol–water partition coefficient (Wildman–Crippen LogP) is 2.40. The summed E-state index contributed by atoms with van der Waals surface area (Å²) in [6.45, 7) is 0.376. The lowest BCUT2D eigenvalue weighted by atomic mass is 10.1. The van der Waals surface area contributed by atoms with Crippen molar-refractivity contribution in [2.24, 2.45) is 0 Å². The molecular weight excluding hydrogens is 428 g/mol. The van der Waals surface area contributed by atoms with E-state index in [1.807, 2.05) is 0 Å². The number of imide groups is 1. The van der Waals surface area contributed by atoms with Crippen molar-refractivity contribution in [2.45, 2.75) is 23.0 Å². The molecule has 0 saturated carbocycles. The Morgan fingerprint density at radius 3 is 2.20 bits per heavy atom. The van der Waals surface area contributed by atoms with Crippen molar-refractivity contribution >= 4 is 39.2 Å². The van der Waals surface area contributed by atoms with Crippen molar-refractivity contribution in [3.8, 4) is 0 Å². The summed E-state index contributed by atoms with van der Waals surface area (Å²) in [5, 5.41) is -0.243. The Morgan fingerprint density at radius 2 is 1.60 bits per heavy atom. The fourth-order valence-corrected chi connectivity index (χ4v) is 5.65. The van der Waals surface area contributed by atoms with Gasteiger partial charge in [0, 0.05) is 31.1 Å². The lowest BCUT2D eigenvalue weighted by molar-refractivity contribution is -0.130. The number of hydrogen-bond donors (Lipinski definition) is 0. The van der Waals surface area contributed by atoms with E-state index in [1.54, 1.807) is 24.3 Å². The number of carbonyl (C=O) groups excluding carboxylic acids is 3. The van der Waals surface area contributed by atoms with Crippen LogP contribution in [0.1, 0.15) is 33.6 Å². The van der Waals surface area contributed by atoms with Crippen LogP contribution in [0.2, 0.25) is 5.02 Å². The Labute approximate surface area is 179 Å². The summed E-state index contributed by atoms with van der Waals surface area (Å²) in [5.74, 6) is -1.10. The van der Waals surface area contributed by atoms with Crippen molar-refractivity contribution in [1.29, 1.82) is 0 Å². The smallest absolute Gasteiger partial charge is 0.261 e. The molecule has 0 bridgehead atoms. The number of benzene rings is 2. The van der Waals surface area contributed by atoms with Crippen molar-refractivity contribution in [2.75, 3.05) is 19.6 Å². The number of carbonyl (C=O) groups is 3. The second-order valence-corrected chi connectivity index (χ2v) is 9.97. The second kappa shape index (κ2) is 7.85. The van der Waals surface area contributed by atoms with Crippen LogP contribution < -0.4 is 0 Å². The first kappa shape index (κ1) is 20.6. The zero-order valence-corrected chi connectivity index (χ0v) is 17.5. The molecule has 2 aromatic carbocycles. The fourth-order valence-electron chi connectivity index (χ4n) is 3.83. The van der Waals surface area contributed by atoms with E-state index in [0.29, 0.717) is 29.1 Å². The fraction of sp³-hybridized carbons (Fsp3) is 0.286. The molecule has 9 heteroatoms. The standard InChI is InChI=1S/C21H19ClN2O5S/c22-14-5-7-15(8-6-14)30(28,29)16-9-11-23(13-16)19(25)10-12-24-20(26)17-3-1-2-4-18(17)21(24)27/h1-8,16H,9-13H2. The van der Waals surface area contributed by atoms with Gasteiger partial charge in [-0.2, -0.15) is 0 Å². The Kier molecular flexibility index (Phi) is 5.38. The van der Waals surface area contributed by atoms with Gasteiger partial charge in [-0.05, 0) is 42.8 Å². The first-order valence-corrected chi connectivity index (χ1v) is 11.4. The van der Waals surface area contributed by atoms with E-state index >= 15 is 0 Å². The molecule has 1 unspecified atom stereocenters. The Hall–Kier alpha value is -2.71. The minimum absolute atomic E-state index is 0.0315. The highest BCUT2D eigenvalue weighted by atomic mass is 35.5. The van der Waals surface area contributed by atoms with Crippen LogP contribution in [0.5, 0.6) is 0 Å². The summed E-state index contributed by atoms with van der Waals surface area (Å²) in [4.78, 5) is 40.1. The number of fused-ring (bicyclic) bond motifs is 1. The number of likely N-dealkylation sites (tertiary alicyclic amines) is 1. The highest BCUT2D eigenvalue weighted by Gasteiger charge is 2.38. The van der Waals surface area contributed by atoms with Gasteiger partial charge in [0.2, 0.25) is 5.91 Å². The Bertz CT molecular complexity index is 1100. The number of rotatable bonds is 5. The summed E-state index contributed by atoms with van der Waals surface area (Å²) in [7, 11) is -3.58. The number of nitrogens with zero attached hydrogens (tertiary/aromatic N) is 2. The maximum atomic E-state index is 12.8. The largest absolute Gasteiger partial charge is 0.341 e. The zero-order chi connectivity index (χ0) is 21.5. The van der Waals surface area contributed by atoms with E-state index in [1.165, 1.54) is 29.2 Å². The molecule has 4 rings (SSSR count).